The summed E-state index contributed by atoms with van der Waals surface area (Å²) < 4.78 is 6.79. The highest BCUT2D eigenvalue weighted by atomic mass is 79.9. The van der Waals surface area contributed by atoms with Crippen molar-refractivity contribution in [3.63, 3.8) is 0 Å². The molecule has 0 aliphatic heterocycles. The molecule has 0 atom stereocenters. The van der Waals surface area contributed by atoms with Crippen LogP contribution in [0.2, 0.25) is 0 Å². The van der Waals surface area contributed by atoms with Gasteiger partial charge in [0.05, 0.1) is 17.1 Å². The van der Waals surface area contributed by atoms with E-state index in [0.717, 1.165) is 25.7 Å². The van der Waals surface area contributed by atoms with Gasteiger partial charge in [-0.25, -0.2) is 4.79 Å². The summed E-state index contributed by atoms with van der Waals surface area (Å²) in [6.07, 6.45) is 7.11. The van der Waals surface area contributed by atoms with Crippen LogP contribution in [0.5, 0.6) is 0 Å². The first-order valence-electron chi connectivity index (χ1n) is 6.13. The van der Waals surface area contributed by atoms with Crippen LogP contribution in [0.1, 0.15) is 48.5 Å². The van der Waals surface area contributed by atoms with Gasteiger partial charge in [0.1, 0.15) is 0 Å². The molecule has 1 fully saturated rings. The molecule has 0 bridgehead atoms. The molecule has 18 heavy (non-hydrogen) atoms. The first-order valence-corrected chi connectivity index (χ1v) is 6.93. The van der Waals surface area contributed by atoms with Crippen molar-refractivity contribution in [3.8, 4) is 0 Å². The number of rotatable bonds is 2. The normalized spacial score (nSPS) is 16.6. The van der Waals surface area contributed by atoms with E-state index in [2.05, 4.69) is 15.9 Å². The third-order valence-electron chi connectivity index (χ3n) is 3.39. The third-order valence-corrected chi connectivity index (χ3v) is 3.96. The second kappa shape index (κ2) is 5.69. The van der Waals surface area contributed by atoms with Crippen LogP contribution in [0.25, 0.3) is 0 Å². The number of methoxy groups -OCH3 is 1. The smallest absolute Gasteiger partial charge is 0.339 e. The summed E-state index contributed by atoms with van der Waals surface area (Å²) in [6, 6.07) is 1.72. The number of carbonyl (C=O) groups is 1. The zero-order chi connectivity index (χ0) is 13.1. The van der Waals surface area contributed by atoms with E-state index in [1.54, 1.807) is 10.8 Å². The first kappa shape index (κ1) is 13.3. The van der Waals surface area contributed by atoms with E-state index < -0.39 is 5.97 Å². The first-order chi connectivity index (χ1) is 8.63. The van der Waals surface area contributed by atoms with Crippen molar-refractivity contribution in [3.05, 3.63) is 32.7 Å². The second-order valence-electron chi connectivity index (χ2n) is 4.57. The number of carbonyl (C=O) groups excluding carboxylic acids is 1. The number of nitrogens with zero attached hydrogens (tertiary/aromatic N) is 1. The summed E-state index contributed by atoms with van der Waals surface area (Å²) in [5, 5.41) is 0. The molecule has 0 spiro atoms. The summed E-state index contributed by atoms with van der Waals surface area (Å²) in [7, 11) is 1.34. The maximum Gasteiger partial charge on any atom is 0.339 e. The summed E-state index contributed by atoms with van der Waals surface area (Å²) in [5.74, 6) is -0.416. The van der Waals surface area contributed by atoms with Crippen molar-refractivity contribution in [2.75, 3.05) is 7.11 Å². The molecule has 4 nitrogen and oxygen atoms in total. The Morgan fingerprint density at radius 2 is 2.06 bits per heavy atom. The van der Waals surface area contributed by atoms with Gasteiger partial charge in [0, 0.05) is 12.2 Å². The molecule has 98 valence electrons. The standard InChI is InChI=1S/C13H16BrNO3/c1-18-13(17)9-7-11(14)12(16)15(8-9)10-5-3-2-4-6-10/h7-8,10H,2-6H2,1H3. The average molecular weight is 314 g/mol. The fourth-order valence-corrected chi connectivity index (χ4v) is 2.88. The molecular formula is C13H16BrNO3. The molecule has 1 aliphatic carbocycles. The van der Waals surface area contributed by atoms with Crippen LogP contribution in [-0.2, 0) is 4.74 Å². The molecule has 1 aromatic heterocycles. The van der Waals surface area contributed by atoms with E-state index in [9.17, 15) is 9.59 Å². The van der Waals surface area contributed by atoms with E-state index >= 15 is 0 Å². The Balaban J connectivity index is 2.41. The molecule has 1 heterocycles. The number of hydrogen-bond acceptors (Lipinski definition) is 3. The van der Waals surface area contributed by atoms with E-state index in [-0.39, 0.29) is 11.6 Å². The van der Waals surface area contributed by atoms with Gasteiger partial charge >= 0.3 is 5.97 Å². The quantitative estimate of drug-likeness (QED) is 0.789. The molecule has 0 unspecified atom stereocenters. The molecule has 5 heteroatoms. The van der Waals surface area contributed by atoms with Crippen LogP contribution in [0.4, 0.5) is 0 Å². The number of esters is 1. The maximum atomic E-state index is 12.1. The lowest BCUT2D eigenvalue weighted by molar-refractivity contribution is 0.0599. The zero-order valence-corrected chi connectivity index (χ0v) is 11.9. The molecule has 0 amide bonds. The van der Waals surface area contributed by atoms with E-state index in [4.69, 9.17) is 4.74 Å². The van der Waals surface area contributed by atoms with Gasteiger partial charge in [-0.1, -0.05) is 19.3 Å². The summed E-state index contributed by atoms with van der Waals surface area (Å²) >= 11 is 3.22. The third kappa shape index (κ3) is 2.66. The van der Waals surface area contributed by atoms with Crippen molar-refractivity contribution in [2.45, 2.75) is 38.1 Å². The highest BCUT2D eigenvalue weighted by Crippen LogP contribution is 2.27. The monoisotopic (exact) mass is 313 g/mol. The highest BCUT2D eigenvalue weighted by Gasteiger charge is 2.19. The lowest BCUT2D eigenvalue weighted by atomic mass is 9.95. The van der Waals surface area contributed by atoms with E-state index in [1.165, 1.54) is 19.6 Å². The molecule has 0 N–H and O–H groups in total. The fourth-order valence-electron chi connectivity index (χ4n) is 2.43. The minimum absolute atomic E-state index is 0.0745. The highest BCUT2D eigenvalue weighted by molar-refractivity contribution is 9.10. The van der Waals surface area contributed by atoms with Crippen LogP contribution >= 0.6 is 15.9 Å². The van der Waals surface area contributed by atoms with Gasteiger partial charge in [0.15, 0.2) is 0 Å². The Kier molecular flexibility index (Phi) is 4.22. The minimum atomic E-state index is -0.416. The van der Waals surface area contributed by atoms with Crippen molar-refractivity contribution < 1.29 is 9.53 Å². The van der Waals surface area contributed by atoms with Gasteiger partial charge in [0.2, 0.25) is 0 Å². The van der Waals surface area contributed by atoms with Gasteiger partial charge in [-0.05, 0) is 34.8 Å². The van der Waals surface area contributed by atoms with Crippen molar-refractivity contribution in [2.24, 2.45) is 0 Å². The Labute approximate surface area is 114 Å². The number of pyridine rings is 1. The molecule has 0 saturated heterocycles. The predicted octanol–water partition coefficient (Wildman–Crippen LogP) is 2.90. The topological polar surface area (TPSA) is 48.3 Å². The van der Waals surface area contributed by atoms with E-state index in [0.29, 0.717) is 10.0 Å². The lowest BCUT2D eigenvalue weighted by Crippen LogP contribution is -2.27. The molecular weight excluding hydrogens is 298 g/mol. The fraction of sp³-hybridized carbons (Fsp3) is 0.538. The van der Waals surface area contributed by atoms with Gasteiger partial charge in [-0.15, -0.1) is 0 Å². The largest absolute Gasteiger partial charge is 0.465 e. The van der Waals surface area contributed by atoms with Gasteiger partial charge in [0.25, 0.3) is 5.56 Å². The van der Waals surface area contributed by atoms with Crippen LogP contribution in [0.3, 0.4) is 0 Å². The van der Waals surface area contributed by atoms with Crippen molar-refractivity contribution in [1.29, 1.82) is 0 Å². The number of aromatic nitrogens is 1. The molecule has 2 rings (SSSR count). The van der Waals surface area contributed by atoms with Crippen LogP contribution in [-0.4, -0.2) is 17.6 Å². The molecule has 0 aromatic carbocycles. The molecule has 1 saturated carbocycles. The summed E-state index contributed by atoms with van der Waals surface area (Å²) in [4.78, 5) is 23.6. The molecule has 1 aliphatic rings. The lowest BCUT2D eigenvalue weighted by Gasteiger charge is -2.24. The Bertz CT molecular complexity index is 503. The molecule has 1 aromatic rings. The SMILES string of the molecule is COC(=O)c1cc(Br)c(=O)n(C2CCCCC2)c1. The second-order valence-corrected chi connectivity index (χ2v) is 5.43. The molecule has 0 radical (unpaired) electrons. The Morgan fingerprint density at radius 1 is 1.39 bits per heavy atom. The minimum Gasteiger partial charge on any atom is -0.465 e. The van der Waals surface area contributed by atoms with Gasteiger partial charge < -0.3 is 9.30 Å². The Morgan fingerprint density at radius 3 is 2.67 bits per heavy atom. The predicted molar refractivity (Wildman–Crippen MR) is 71.9 cm³/mol. The average Bonchev–Trinajstić information content (AvgIpc) is 2.41. The van der Waals surface area contributed by atoms with E-state index in [1.807, 2.05) is 0 Å². The van der Waals surface area contributed by atoms with Gasteiger partial charge in [-0.3, -0.25) is 4.79 Å². The van der Waals surface area contributed by atoms with Crippen molar-refractivity contribution in [1.82, 2.24) is 4.57 Å². The maximum absolute atomic E-state index is 12.1. The Hall–Kier alpha value is -1.10. The zero-order valence-electron chi connectivity index (χ0n) is 10.3. The van der Waals surface area contributed by atoms with Crippen LogP contribution in [0, 0.1) is 0 Å². The number of halogens is 1. The number of ether oxygens (including phenoxy) is 1. The van der Waals surface area contributed by atoms with Crippen LogP contribution in [0.15, 0.2) is 21.5 Å². The number of hydrogen-bond donors (Lipinski definition) is 0. The van der Waals surface area contributed by atoms with Gasteiger partial charge in [-0.2, -0.15) is 0 Å². The summed E-state index contributed by atoms with van der Waals surface area (Å²) in [6.45, 7) is 0. The van der Waals surface area contributed by atoms with Crippen LogP contribution < -0.4 is 5.56 Å². The van der Waals surface area contributed by atoms with Crippen molar-refractivity contribution >= 4 is 21.9 Å². The summed E-state index contributed by atoms with van der Waals surface area (Å²) in [5.41, 5.74) is 0.337.